The molecule has 0 saturated carbocycles. The van der Waals surface area contributed by atoms with Gasteiger partial charge in [-0.25, -0.2) is 0 Å². The highest BCUT2D eigenvalue weighted by molar-refractivity contribution is 5.80. The second kappa shape index (κ2) is 4.22. The highest BCUT2D eigenvalue weighted by Gasteiger charge is 2.02. The third kappa shape index (κ3) is 1.97. The van der Waals surface area contributed by atoms with Crippen LogP contribution in [0.1, 0.15) is 11.1 Å². The molecule has 0 atom stereocenters. The first-order chi connectivity index (χ1) is 8.72. The molecular weight excluding hydrogens is 222 g/mol. The molecule has 0 aliphatic rings. The topological polar surface area (TPSA) is 25.2 Å². The first-order valence-corrected chi connectivity index (χ1v) is 6.06. The standard InChI is InChI=1S/C16H15NO/c1-12-5-6-14-7-8-17(16(14)9-12)11-13-3-2-4-15(18)10-13/h2-10,18H,11H2,1H3. The molecule has 0 aliphatic carbocycles. The lowest BCUT2D eigenvalue weighted by Crippen LogP contribution is -1.97. The smallest absolute Gasteiger partial charge is 0.115 e. The van der Waals surface area contributed by atoms with E-state index in [2.05, 4.69) is 42.0 Å². The first-order valence-electron chi connectivity index (χ1n) is 6.06. The fourth-order valence-electron chi connectivity index (χ4n) is 2.28. The Morgan fingerprint density at radius 2 is 1.94 bits per heavy atom. The van der Waals surface area contributed by atoms with Crippen molar-refractivity contribution in [3.05, 3.63) is 65.9 Å². The lowest BCUT2D eigenvalue weighted by molar-refractivity contribution is 0.474. The van der Waals surface area contributed by atoms with Crippen molar-refractivity contribution in [2.24, 2.45) is 0 Å². The molecule has 0 saturated heterocycles. The van der Waals surface area contributed by atoms with Crippen LogP contribution in [0.4, 0.5) is 0 Å². The lowest BCUT2D eigenvalue weighted by atomic mass is 10.2. The number of hydrogen-bond donors (Lipinski definition) is 1. The molecule has 2 nitrogen and oxygen atoms in total. The molecule has 18 heavy (non-hydrogen) atoms. The molecule has 0 unspecified atom stereocenters. The zero-order valence-corrected chi connectivity index (χ0v) is 10.3. The summed E-state index contributed by atoms with van der Waals surface area (Å²) in [5, 5.41) is 10.7. The van der Waals surface area contributed by atoms with Crippen LogP contribution in [0, 0.1) is 6.92 Å². The van der Waals surface area contributed by atoms with Crippen molar-refractivity contribution in [2.45, 2.75) is 13.5 Å². The van der Waals surface area contributed by atoms with E-state index in [-0.39, 0.29) is 0 Å². The van der Waals surface area contributed by atoms with Gasteiger partial charge in [0.2, 0.25) is 0 Å². The van der Waals surface area contributed by atoms with Gasteiger partial charge in [0, 0.05) is 18.3 Å². The van der Waals surface area contributed by atoms with Crippen molar-refractivity contribution < 1.29 is 5.11 Å². The van der Waals surface area contributed by atoms with Crippen molar-refractivity contribution in [3.8, 4) is 5.75 Å². The maximum atomic E-state index is 9.49. The SMILES string of the molecule is Cc1ccc2ccn(Cc3cccc(O)c3)c2c1. The van der Waals surface area contributed by atoms with E-state index in [0.29, 0.717) is 5.75 Å². The fraction of sp³-hybridized carbons (Fsp3) is 0.125. The summed E-state index contributed by atoms with van der Waals surface area (Å²) in [4.78, 5) is 0. The molecule has 0 fully saturated rings. The van der Waals surface area contributed by atoms with Crippen LogP contribution in [0.3, 0.4) is 0 Å². The van der Waals surface area contributed by atoms with Gasteiger partial charge in [0.1, 0.15) is 5.75 Å². The van der Waals surface area contributed by atoms with Crippen molar-refractivity contribution >= 4 is 10.9 Å². The molecule has 0 radical (unpaired) electrons. The van der Waals surface area contributed by atoms with Crippen molar-refractivity contribution in [1.29, 1.82) is 0 Å². The molecule has 1 aromatic heterocycles. The summed E-state index contributed by atoms with van der Waals surface area (Å²) in [5.41, 5.74) is 3.60. The molecule has 90 valence electrons. The van der Waals surface area contributed by atoms with Crippen molar-refractivity contribution in [2.75, 3.05) is 0 Å². The molecule has 3 aromatic rings. The van der Waals surface area contributed by atoms with Crippen LogP contribution in [0.25, 0.3) is 10.9 Å². The number of phenolic OH excluding ortho intramolecular Hbond substituents is 1. The van der Waals surface area contributed by atoms with Crippen molar-refractivity contribution in [3.63, 3.8) is 0 Å². The molecule has 0 aliphatic heterocycles. The summed E-state index contributed by atoms with van der Waals surface area (Å²) >= 11 is 0. The second-order valence-electron chi connectivity index (χ2n) is 4.68. The quantitative estimate of drug-likeness (QED) is 0.722. The summed E-state index contributed by atoms with van der Waals surface area (Å²) in [5.74, 6) is 0.320. The van der Waals surface area contributed by atoms with E-state index in [1.807, 2.05) is 18.2 Å². The Hall–Kier alpha value is -2.22. The number of benzene rings is 2. The summed E-state index contributed by atoms with van der Waals surface area (Å²) < 4.78 is 2.21. The number of hydrogen-bond acceptors (Lipinski definition) is 1. The third-order valence-corrected chi connectivity index (χ3v) is 3.19. The zero-order chi connectivity index (χ0) is 12.5. The first kappa shape index (κ1) is 10.9. The fourth-order valence-corrected chi connectivity index (χ4v) is 2.28. The van der Waals surface area contributed by atoms with Crippen molar-refractivity contribution in [1.82, 2.24) is 4.57 Å². The maximum Gasteiger partial charge on any atom is 0.115 e. The predicted molar refractivity (Wildman–Crippen MR) is 73.9 cm³/mol. The lowest BCUT2D eigenvalue weighted by Gasteiger charge is -2.06. The van der Waals surface area contributed by atoms with Crippen LogP contribution < -0.4 is 0 Å². The van der Waals surface area contributed by atoms with Gasteiger partial charge in [-0.3, -0.25) is 0 Å². The van der Waals surface area contributed by atoms with Gasteiger partial charge in [0.15, 0.2) is 0 Å². The Balaban J connectivity index is 2.02. The van der Waals surface area contributed by atoms with E-state index in [0.717, 1.165) is 12.1 Å². The molecule has 0 amide bonds. The highest BCUT2D eigenvalue weighted by atomic mass is 16.3. The largest absolute Gasteiger partial charge is 0.508 e. The van der Waals surface area contributed by atoms with E-state index < -0.39 is 0 Å². The molecule has 3 rings (SSSR count). The van der Waals surface area contributed by atoms with Crippen LogP contribution >= 0.6 is 0 Å². The average Bonchev–Trinajstić information content (AvgIpc) is 2.72. The number of aromatic nitrogens is 1. The predicted octanol–water partition coefficient (Wildman–Crippen LogP) is 3.70. The van der Waals surface area contributed by atoms with Crippen LogP contribution in [-0.4, -0.2) is 9.67 Å². The Labute approximate surface area is 106 Å². The normalized spacial score (nSPS) is 10.9. The number of aromatic hydroxyl groups is 1. The van der Waals surface area contributed by atoms with Crippen LogP contribution in [0.2, 0.25) is 0 Å². The number of rotatable bonds is 2. The second-order valence-corrected chi connectivity index (χ2v) is 4.68. The number of aryl methyl sites for hydroxylation is 1. The molecule has 1 N–H and O–H groups in total. The van der Waals surface area contributed by atoms with Gasteiger partial charge in [0.25, 0.3) is 0 Å². The minimum Gasteiger partial charge on any atom is -0.508 e. The summed E-state index contributed by atoms with van der Waals surface area (Å²) in [6.45, 7) is 2.88. The van der Waals surface area contributed by atoms with Gasteiger partial charge in [-0.1, -0.05) is 24.3 Å². The molecule has 2 heteroatoms. The minimum absolute atomic E-state index is 0.320. The molecule has 0 spiro atoms. The molecule has 2 aromatic carbocycles. The van der Waals surface area contributed by atoms with Gasteiger partial charge in [-0.15, -0.1) is 0 Å². The third-order valence-electron chi connectivity index (χ3n) is 3.19. The summed E-state index contributed by atoms with van der Waals surface area (Å²) in [7, 11) is 0. The van der Waals surface area contributed by atoms with Gasteiger partial charge in [0.05, 0.1) is 0 Å². The highest BCUT2D eigenvalue weighted by Crippen LogP contribution is 2.20. The summed E-state index contributed by atoms with van der Waals surface area (Å²) in [6.07, 6.45) is 2.09. The number of nitrogens with zero attached hydrogens (tertiary/aromatic N) is 1. The van der Waals surface area contributed by atoms with E-state index >= 15 is 0 Å². The number of fused-ring (bicyclic) bond motifs is 1. The maximum absolute atomic E-state index is 9.49. The van der Waals surface area contributed by atoms with Gasteiger partial charge in [-0.05, 0) is 47.7 Å². The van der Waals surface area contributed by atoms with Crippen LogP contribution in [0.15, 0.2) is 54.7 Å². The average molecular weight is 237 g/mol. The Bertz CT molecular complexity index is 697. The van der Waals surface area contributed by atoms with Gasteiger partial charge < -0.3 is 9.67 Å². The van der Waals surface area contributed by atoms with Gasteiger partial charge in [-0.2, -0.15) is 0 Å². The van der Waals surface area contributed by atoms with E-state index in [1.54, 1.807) is 6.07 Å². The Kier molecular flexibility index (Phi) is 2.56. The monoisotopic (exact) mass is 237 g/mol. The minimum atomic E-state index is 0.320. The number of phenols is 1. The zero-order valence-electron chi connectivity index (χ0n) is 10.3. The molecular formula is C16H15NO. The van der Waals surface area contributed by atoms with Gasteiger partial charge >= 0.3 is 0 Å². The Morgan fingerprint density at radius 1 is 1.06 bits per heavy atom. The summed E-state index contributed by atoms with van der Waals surface area (Å²) in [6, 6.07) is 16.0. The molecule has 1 heterocycles. The van der Waals surface area contributed by atoms with Crippen LogP contribution in [0.5, 0.6) is 5.75 Å². The van der Waals surface area contributed by atoms with E-state index in [4.69, 9.17) is 0 Å². The van der Waals surface area contributed by atoms with E-state index in [9.17, 15) is 5.11 Å². The Morgan fingerprint density at radius 3 is 2.78 bits per heavy atom. The van der Waals surface area contributed by atoms with Crippen LogP contribution in [-0.2, 0) is 6.54 Å². The molecule has 0 bridgehead atoms. The van der Waals surface area contributed by atoms with E-state index in [1.165, 1.54) is 16.5 Å².